The molecule has 2 nitrogen and oxygen atoms in total. The fraction of sp³-hybridized carbons (Fsp3) is 0.250. The molecule has 2 aromatic rings. The molecule has 0 saturated carbocycles. The van der Waals surface area contributed by atoms with Gasteiger partial charge in [-0.05, 0) is 31.0 Å². The predicted octanol–water partition coefficient (Wildman–Crippen LogP) is 3.42. The summed E-state index contributed by atoms with van der Waals surface area (Å²) in [5.74, 6) is 0. The molecule has 1 atom stereocenters. The SMILES string of the molecule is Cc1cccc(C(CN)Nc2ccccc2C)c1. The van der Waals surface area contributed by atoms with Crippen LogP contribution in [0.15, 0.2) is 48.5 Å². The van der Waals surface area contributed by atoms with E-state index in [0.29, 0.717) is 6.54 Å². The molecule has 94 valence electrons. The van der Waals surface area contributed by atoms with Crippen molar-refractivity contribution in [3.05, 3.63) is 65.2 Å². The van der Waals surface area contributed by atoms with Gasteiger partial charge in [0.2, 0.25) is 0 Å². The molecule has 0 amide bonds. The van der Waals surface area contributed by atoms with Gasteiger partial charge in [0.1, 0.15) is 0 Å². The van der Waals surface area contributed by atoms with E-state index in [1.165, 1.54) is 16.7 Å². The lowest BCUT2D eigenvalue weighted by Gasteiger charge is -2.20. The highest BCUT2D eigenvalue weighted by Gasteiger charge is 2.10. The van der Waals surface area contributed by atoms with E-state index in [9.17, 15) is 0 Å². The van der Waals surface area contributed by atoms with E-state index >= 15 is 0 Å². The third-order valence-electron chi connectivity index (χ3n) is 3.16. The standard InChI is InChI=1S/C16H20N2/c1-12-6-5-8-14(10-12)16(11-17)18-15-9-4-3-7-13(15)2/h3-10,16,18H,11,17H2,1-2H3. The van der Waals surface area contributed by atoms with Gasteiger partial charge in [-0.1, -0.05) is 48.0 Å². The van der Waals surface area contributed by atoms with Crippen LogP contribution >= 0.6 is 0 Å². The van der Waals surface area contributed by atoms with Gasteiger partial charge in [-0.2, -0.15) is 0 Å². The first-order chi connectivity index (χ1) is 8.70. The van der Waals surface area contributed by atoms with Crippen LogP contribution in [-0.4, -0.2) is 6.54 Å². The van der Waals surface area contributed by atoms with Gasteiger partial charge in [-0.25, -0.2) is 0 Å². The van der Waals surface area contributed by atoms with Gasteiger partial charge in [0.25, 0.3) is 0 Å². The number of nitrogens with two attached hydrogens (primary N) is 1. The molecule has 2 aromatic carbocycles. The summed E-state index contributed by atoms with van der Waals surface area (Å²) in [5, 5.41) is 3.52. The summed E-state index contributed by atoms with van der Waals surface area (Å²) < 4.78 is 0. The van der Waals surface area contributed by atoms with Crippen molar-refractivity contribution in [1.82, 2.24) is 0 Å². The van der Waals surface area contributed by atoms with Crippen LogP contribution in [0.2, 0.25) is 0 Å². The van der Waals surface area contributed by atoms with E-state index in [4.69, 9.17) is 5.73 Å². The first-order valence-corrected chi connectivity index (χ1v) is 6.29. The Morgan fingerprint density at radius 3 is 2.50 bits per heavy atom. The smallest absolute Gasteiger partial charge is 0.0636 e. The fourth-order valence-corrected chi connectivity index (χ4v) is 2.09. The van der Waals surface area contributed by atoms with Crippen LogP contribution in [0.3, 0.4) is 0 Å². The lowest BCUT2D eigenvalue weighted by molar-refractivity contribution is 0.788. The third-order valence-corrected chi connectivity index (χ3v) is 3.16. The molecule has 18 heavy (non-hydrogen) atoms. The van der Waals surface area contributed by atoms with Crippen molar-refractivity contribution >= 4 is 5.69 Å². The van der Waals surface area contributed by atoms with Crippen molar-refractivity contribution < 1.29 is 0 Å². The average Bonchev–Trinajstić information content (AvgIpc) is 2.38. The number of para-hydroxylation sites is 1. The zero-order valence-electron chi connectivity index (χ0n) is 11.0. The minimum atomic E-state index is 0.158. The van der Waals surface area contributed by atoms with Crippen molar-refractivity contribution in [2.45, 2.75) is 19.9 Å². The lowest BCUT2D eigenvalue weighted by atomic mass is 10.0. The molecule has 0 aliphatic rings. The highest BCUT2D eigenvalue weighted by molar-refractivity contribution is 5.52. The zero-order valence-corrected chi connectivity index (χ0v) is 11.0. The van der Waals surface area contributed by atoms with E-state index in [-0.39, 0.29) is 6.04 Å². The summed E-state index contributed by atoms with van der Waals surface area (Å²) in [5.41, 5.74) is 10.8. The molecule has 0 fully saturated rings. The van der Waals surface area contributed by atoms with Gasteiger partial charge in [0, 0.05) is 12.2 Å². The predicted molar refractivity (Wildman–Crippen MR) is 77.8 cm³/mol. The van der Waals surface area contributed by atoms with Crippen LogP contribution < -0.4 is 11.1 Å². The third kappa shape index (κ3) is 2.90. The highest BCUT2D eigenvalue weighted by atomic mass is 14.9. The fourth-order valence-electron chi connectivity index (χ4n) is 2.09. The van der Waals surface area contributed by atoms with Gasteiger partial charge in [-0.3, -0.25) is 0 Å². The Morgan fingerprint density at radius 1 is 1.06 bits per heavy atom. The van der Waals surface area contributed by atoms with Gasteiger partial charge in [-0.15, -0.1) is 0 Å². The maximum Gasteiger partial charge on any atom is 0.0636 e. The maximum atomic E-state index is 5.89. The molecule has 0 aromatic heterocycles. The molecule has 3 N–H and O–H groups in total. The van der Waals surface area contributed by atoms with Gasteiger partial charge >= 0.3 is 0 Å². The normalized spacial score (nSPS) is 12.2. The van der Waals surface area contributed by atoms with E-state index in [2.05, 4.69) is 55.6 Å². The molecule has 0 spiro atoms. The van der Waals surface area contributed by atoms with Crippen LogP contribution in [0.1, 0.15) is 22.7 Å². The Bertz CT molecular complexity index is 520. The summed E-state index contributed by atoms with van der Waals surface area (Å²) in [7, 11) is 0. The summed E-state index contributed by atoms with van der Waals surface area (Å²) in [6.07, 6.45) is 0. The molecule has 2 rings (SSSR count). The molecule has 2 heteroatoms. The molecule has 0 aliphatic carbocycles. The number of anilines is 1. The maximum absolute atomic E-state index is 5.89. The molecule has 0 aliphatic heterocycles. The van der Waals surface area contributed by atoms with Crippen molar-refractivity contribution in [1.29, 1.82) is 0 Å². The monoisotopic (exact) mass is 240 g/mol. The molecular formula is C16H20N2. The quantitative estimate of drug-likeness (QED) is 0.859. The summed E-state index contributed by atoms with van der Waals surface area (Å²) in [4.78, 5) is 0. The largest absolute Gasteiger partial charge is 0.377 e. The van der Waals surface area contributed by atoms with E-state index in [1.54, 1.807) is 0 Å². The number of benzene rings is 2. The van der Waals surface area contributed by atoms with Crippen molar-refractivity contribution in [3.8, 4) is 0 Å². The van der Waals surface area contributed by atoms with Crippen LogP contribution in [0, 0.1) is 13.8 Å². The van der Waals surface area contributed by atoms with Crippen LogP contribution in [0.4, 0.5) is 5.69 Å². The van der Waals surface area contributed by atoms with Crippen LogP contribution in [0.5, 0.6) is 0 Å². The second-order valence-electron chi connectivity index (χ2n) is 4.66. The molecule has 1 unspecified atom stereocenters. The molecule has 0 saturated heterocycles. The minimum Gasteiger partial charge on any atom is -0.377 e. The average molecular weight is 240 g/mol. The Balaban J connectivity index is 2.23. The molecule has 0 radical (unpaired) electrons. The second-order valence-corrected chi connectivity index (χ2v) is 4.66. The van der Waals surface area contributed by atoms with Crippen molar-refractivity contribution in [3.63, 3.8) is 0 Å². The number of hydrogen-bond acceptors (Lipinski definition) is 2. The highest BCUT2D eigenvalue weighted by Crippen LogP contribution is 2.22. The van der Waals surface area contributed by atoms with E-state index in [0.717, 1.165) is 5.69 Å². The lowest BCUT2D eigenvalue weighted by Crippen LogP contribution is -2.21. The first kappa shape index (κ1) is 12.7. The molecule has 0 bridgehead atoms. The van der Waals surface area contributed by atoms with Crippen molar-refractivity contribution in [2.24, 2.45) is 5.73 Å². The zero-order chi connectivity index (χ0) is 13.0. The Kier molecular flexibility index (Phi) is 4.00. The number of aryl methyl sites for hydroxylation is 2. The summed E-state index contributed by atoms with van der Waals surface area (Å²) in [6, 6.07) is 16.9. The van der Waals surface area contributed by atoms with E-state index < -0.39 is 0 Å². The number of nitrogens with one attached hydrogen (secondary N) is 1. The van der Waals surface area contributed by atoms with Crippen LogP contribution in [0.25, 0.3) is 0 Å². The first-order valence-electron chi connectivity index (χ1n) is 6.29. The van der Waals surface area contributed by atoms with Crippen molar-refractivity contribution in [2.75, 3.05) is 11.9 Å². The minimum absolute atomic E-state index is 0.158. The summed E-state index contributed by atoms with van der Waals surface area (Å²) in [6.45, 7) is 4.79. The summed E-state index contributed by atoms with van der Waals surface area (Å²) >= 11 is 0. The Morgan fingerprint density at radius 2 is 1.83 bits per heavy atom. The second kappa shape index (κ2) is 5.69. The Hall–Kier alpha value is -1.80. The number of hydrogen-bond donors (Lipinski definition) is 2. The van der Waals surface area contributed by atoms with E-state index in [1.807, 2.05) is 12.1 Å². The van der Waals surface area contributed by atoms with Gasteiger partial charge < -0.3 is 11.1 Å². The topological polar surface area (TPSA) is 38.0 Å². The van der Waals surface area contributed by atoms with Gasteiger partial charge in [0.15, 0.2) is 0 Å². The van der Waals surface area contributed by atoms with Crippen LogP contribution in [-0.2, 0) is 0 Å². The Labute approximate surface area is 109 Å². The molecular weight excluding hydrogens is 220 g/mol. The number of rotatable bonds is 4. The van der Waals surface area contributed by atoms with Gasteiger partial charge in [0.05, 0.1) is 6.04 Å². The molecule has 0 heterocycles.